The molecule has 0 aliphatic carbocycles. The third-order valence-corrected chi connectivity index (χ3v) is 7.34. The number of nitrogen functional groups attached to an aromatic ring is 1. The number of nitrogens with zero attached hydrogens (tertiary/aromatic N) is 5. The summed E-state index contributed by atoms with van der Waals surface area (Å²) < 4.78 is 51.9. The smallest absolute Gasteiger partial charge is 0.459 e. The lowest BCUT2D eigenvalue weighted by Gasteiger charge is -2.25. The fourth-order valence-corrected chi connectivity index (χ4v) is 5.33. The molecule has 0 amide bonds. The molecule has 1 aliphatic heterocycles. The maximum atomic E-state index is 15.5. The van der Waals surface area contributed by atoms with Crippen molar-refractivity contribution in [3.63, 3.8) is 0 Å². The van der Waals surface area contributed by atoms with Crippen molar-refractivity contribution >= 4 is 30.6 Å². The highest BCUT2D eigenvalue weighted by Crippen LogP contribution is 2.47. The molecule has 1 unspecified atom stereocenters. The lowest BCUT2D eigenvalue weighted by atomic mass is 10.1. The summed E-state index contributed by atoms with van der Waals surface area (Å²) >= 11 is 0. The predicted octanol–water partition coefficient (Wildman–Crippen LogP) is 1.82. The van der Waals surface area contributed by atoms with Crippen LogP contribution in [0.1, 0.15) is 20.8 Å². The number of rotatable bonds is 10. The van der Waals surface area contributed by atoms with Crippen LogP contribution in [-0.2, 0) is 29.1 Å². The maximum Gasteiger partial charge on any atom is 0.459 e. The molecule has 1 aliphatic rings. The summed E-state index contributed by atoms with van der Waals surface area (Å²) in [5, 5.41) is 27.3. The molecular formula is C23H27FN7O7P. The zero-order valence-corrected chi connectivity index (χ0v) is 22.1. The van der Waals surface area contributed by atoms with Crippen molar-refractivity contribution in [3.8, 4) is 11.8 Å². The molecule has 6 atom stereocenters. The van der Waals surface area contributed by atoms with Gasteiger partial charge >= 0.3 is 13.7 Å². The average Bonchev–Trinajstić information content (AvgIpc) is 3.44. The Morgan fingerprint density at radius 3 is 2.74 bits per heavy atom. The van der Waals surface area contributed by atoms with Gasteiger partial charge in [0, 0.05) is 0 Å². The third kappa shape index (κ3) is 5.70. The van der Waals surface area contributed by atoms with Crippen LogP contribution >= 0.6 is 7.75 Å². The molecule has 0 spiro atoms. The summed E-state index contributed by atoms with van der Waals surface area (Å²) in [5.74, 6) is -0.536. The van der Waals surface area contributed by atoms with E-state index < -0.39 is 56.6 Å². The SMILES string of the molecule is CC(C)OC(=O)[C@H](C)NP(=O)(OC[C@H]1O[C@@](C#N)(n2ncc3c(N)ncnc32)[C@H](F)[C@@H]1O)Oc1ccccc1. The van der Waals surface area contributed by atoms with Crippen molar-refractivity contribution in [3.05, 3.63) is 42.9 Å². The fraction of sp³-hybridized carbons (Fsp3) is 0.435. The van der Waals surface area contributed by atoms with Gasteiger partial charge in [-0.05, 0) is 32.9 Å². The molecule has 1 saturated heterocycles. The Labute approximate surface area is 222 Å². The van der Waals surface area contributed by atoms with Crippen molar-refractivity contribution < 1.29 is 37.4 Å². The molecule has 0 saturated carbocycles. The summed E-state index contributed by atoms with van der Waals surface area (Å²) in [6.45, 7) is 3.99. The first kappa shape index (κ1) is 28.3. The predicted molar refractivity (Wildman–Crippen MR) is 134 cm³/mol. The van der Waals surface area contributed by atoms with Crippen LogP contribution in [0.2, 0.25) is 0 Å². The van der Waals surface area contributed by atoms with E-state index in [-0.39, 0.29) is 22.6 Å². The molecule has 39 heavy (non-hydrogen) atoms. The van der Waals surface area contributed by atoms with Gasteiger partial charge in [-0.25, -0.2) is 18.9 Å². The summed E-state index contributed by atoms with van der Waals surface area (Å²) in [5.41, 5.74) is 3.35. The van der Waals surface area contributed by atoms with Crippen molar-refractivity contribution in [1.29, 1.82) is 5.26 Å². The standard InChI is InChI=1S/C23H27FN7O7P/c1-13(2)36-22(33)14(3)30-39(34,38-15-7-5-4-6-8-15)35-10-17-18(32)19(24)23(11-25,37-17)31-21-16(9-29-31)20(26)27-12-28-21/h4-9,12-14,17-19,32H,10H2,1-3H3,(H,30,34)(H2,26,27,28)/t14-,17+,18+,19+,23+,39?/m0/s1. The minimum Gasteiger partial charge on any atom is -0.462 e. The number of para-hydroxylation sites is 1. The molecule has 16 heteroatoms. The highest BCUT2D eigenvalue weighted by Gasteiger charge is 2.59. The number of esters is 1. The molecule has 4 N–H and O–H groups in total. The van der Waals surface area contributed by atoms with E-state index >= 15 is 4.39 Å². The molecular weight excluding hydrogens is 536 g/mol. The normalized spacial score (nSPS) is 25.2. The average molecular weight is 563 g/mol. The van der Waals surface area contributed by atoms with Gasteiger partial charge in [0.1, 0.15) is 42.2 Å². The van der Waals surface area contributed by atoms with E-state index in [1.807, 2.05) is 0 Å². The lowest BCUT2D eigenvalue weighted by molar-refractivity contribution is -0.149. The zero-order chi connectivity index (χ0) is 28.4. The number of carbonyl (C=O) groups excluding carboxylic acids is 1. The van der Waals surface area contributed by atoms with E-state index in [0.717, 1.165) is 11.0 Å². The highest BCUT2D eigenvalue weighted by molar-refractivity contribution is 7.52. The number of hydrogen-bond acceptors (Lipinski definition) is 12. The van der Waals surface area contributed by atoms with Gasteiger partial charge in [-0.3, -0.25) is 9.32 Å². The first-order chi connectivity index (χ1) is 18.5. The van der Waals surface area contributed by atoms with Crippen LogP contribution in [0.15, 0.2) is 42.9 Å². The number of aliphatic hydroxyl groups is 1. The molecule has 4 rings (SSSR count). The van der Waals surface area contributed by atoms with Crippen LogP contribution in [-0.4, -0.2) is 68.0 Å². The molecule has 1 aromatic carbocycles. The largest absolute Gasteiger partial charge is 0.462 e. The molecule has 2 aromatic heterocycles. The molecule has 3 aromatic rings. The second kappa shape index (κ2) is 11.2. The number of nitriles is 1. The second-order valence-electron chi connectivity index (χ2n) is 8.94. The van der Waals surface area contributed by atoms with Crippen molar-refractivity contribution in [2.24, 2.45) is 0 Å². The van der Waals surface area contributed by atoms with Crippen molar-refractivity contribution in [2.45, 2.75) is 57.0 Å². The molecule has 14 nitrogen and oxygen atoms in total. The molecule has 1 fully saturated rings. The number of aliphatic hydroxyl groups excluding tert-OH is 1. The first-order valence-electron chi connectivity index (χ1n) is 11.8. The quantitative estimate of drug-likeness (QED) is 0.239. The van der Waals surface area contributed by atoms with Crippen molar-refractivity contribution in [1.82, 2.24) is 24.8 Å². The minimum atomic E-state index is -4.36. The Morgan fingerprint density at radius 2 is 2.08 bits per heavy atom. The first-order valence-corrected chi connectivity index (χ1v) is 13.4. The summed E-state index contributed by atoms with van der Waals surface area (Å²) in [6, 6.07) is 8.54. The van der Waals surface area contributed by atoms with Gasteiger partial charge in [0.05, 0.1) is 24.3 Å². The molecule has 3 heterocycles. The Balaban J connectivity index is 1.58. The lowest BCUT2D eigenvalue weighted by Crippen LogP contribution is -2.42. The number of carbonyl (C=O) groups is 1. The fourth-order valence-electron chi connectivity index (χ4n) is 3.83. The van der Waals surface area contributed by atoms with Crippen LogP contribution in [0.25, 0.3) is 11.0 Å². The van der Waals surface area contributed by atoms with E-state index in [1.165, 1.54) is 25.3 Å². The van der Waals surface area contributed by atoms with E-state index in [2.05, 4.69) is 20.2 Å². The topological polar surface area (TPSA) is 197 Å². The summed E-state index contributed by atoms with van der Waals surface area (Å²) in [6.07, 6.45) is -3.83. The Morgan fingerprint density at radius 1 is 1.36 bits per heavy atom. The number of halogens is 1. The Bertz CT molecular complexity index is 1420. The van der Waals surface area contributed by atoms with E-state index in [1.54, 1.807) is 38.1 Å². The number of aromatic nitrogens is 4. The molecule has 0 radical (unpaired) electrons. The van der Waals surface area contributed by atoms with Crippen LogP contribution in [0.4, 0.5) is 10.2 Å². The number of alkyl halides is 1. The van der Waals surface area contributed by atoms with Gasteiger partial charge in [0.15, 0.2) is 11.8 Å². The number of fused-ring (bicyclic) bond motifs is 1. The minimum absolute atomic E-state index is 0.00212. The molecule has 208 valence electrons. The van der Waals surface area contributed by atoms with Gasteiger partial charge in [-0.1, -0.05) is 18.2 Å². The molecule has 0 bridgehead atoms. The van der Waals surface area contributed by atoms with E-state index in [9.17, 15) is 19.7 Å². The number of anilines is 1. The summed E-state index contributed by atoms with van der Waals surface area (Å²) in [7, 11) is -4.36. The second-order valence-corrected chi connectivity index (χ2v) is 10.6. The van der Waals surface area contributed by atoms with Gasteiger partial charge in [0.2, 0.25) is 0 Å². The Hall–Kier alpha value is -3.67. The van der Waals surface area contributed by atoms with Gasteiger partial charge in [0.25, 0.3) is 5.72 Å². The zero-order valence-electron chi connectivity index (χ0n) is 21.2. The Kier molecular flexibility index (Phi) is 8.15. The third-order valence-electron chi connectivity index (χ3n) is 5.69. The van der Waals surface area contributed by atoms with Crippen LogP contribution in [0, 0.1) is 11.3 Å². The van der Waals surface area contributed by atoms with Crippen molar-refractivity contribution in [2.75, 3.05) is 12.3 Å². The van der Waals surface area contributed by atoms with E-state index in [4.69, 9.17) is 24.3 Å². The number of nitrogens with two attached hydrogens (primary N) is 1. The van der Waals surface area contributed by atoms with E-state index in [0.29, 0.717) is 0 Å². The van der Waals surface area contributed by atoms with Crippen LogP contribution < -0.4 is 15.3 Å². The number of benzene rings is 1. The van der Waals surface area contributed by atoms with Crippen LogP contribution in [0.3, 0.4) is 0 Å². The maximum absolute atomic E-state index is 15.5. The number of hydrogen-bond donors (Lipinski definition) is 3. The van der Waals surface area contributed by atoms with Gasteiger partial charge in [-0.2, -0.15) is 20.1 Å². The number of ether oxygens (including phenoxy) is 2. The highest BCUT2D eigenvalue weighted by atomic mass is 31.2. The van der Waals surface area contributed by atoms with Gasteiger partial charge < -0.3 is 24.8 Å². The van der Waals surface area contributed by atoms with Crippen LogP contribution in [0.5, 0.6) is 5.75 Å². The monoisotopic (exact) mass is 563 g/mol. The number of nitrogens with one attached hydrogen (secondary N) is 1. The summed E-state index contributed by atoms with van der Waals surface area (Å²) in [4.78, 5) is 20.2. The van der Waals surface area contributed by atoms with Gasteiger partial charge in [-0.15, -0.1) is 0 Å².